The predicted molar refractivity (Wildman–Crippen MR) is 205 cm³/mol. The number of benzene rings is 1. The van der Waals surface area contributed by atoms with E-state index >= 15 is 0 Å². The van der Waals surface area contributed by atoms with Crippen LogP contribution in [0.5, 0.6) is 0 Å². The standard InChI is InChI=1S/C43H49NO18/c1-20-21(2)37(50)60-34-32(57-24(5)47)36(61-38(51)27-14-11-10-12-15-27)42(19-54-22(3)45)35(59-26(7)49)31(56-23(4)46)29-33(58-25(6)48)43(42,41(34,9)53)62-40(29,8)18-55-39(52)28-16-13-17-44-30(20)28/h10-17,20-21,29,31-36,53H,18-19H2,1-9H3/t20-,21+,29+,31+,32-,33+,34-,35+,36-,40-,41-,42+,43-/m0/s1. The summed E-state index contributed by atoms with van der Waals surface area (Å²) < 4.78 is 55.5. The molecule has 1 N–H and O–H groups in total. The molecule has 0 radical (unpaired) electrons. The highest BCUT2D eigenvalue weighted by atomic mass is 16.7. The Bertz CT molecular complexity index is 2160. The Labute approximate surface area is 355 Å². The molecule has 2 aliphatic heterocycles. The summed E-state index contributed by atoms with van der Waals surface area (Å²) in [5.41, 5.74) is -10.4. The van der Waals surface area contributed by atoms with E-state index in [0.29, 0.717) is 0 Å². The van der Waals surface area contributed by atoms with Gasteiger partial charge in [0.2, 0.25) is 0 Å². The molecule has 2 aliphatic carbocycles. The number of hydrogen-bond acceptors (Lipinski definition) is 19. The van der Waals surface area contributed by atoms with E-state index in [1.807, 2.05) is 0 Å². The van der Waals surface area contributed by atoms with Gasteiger partial charge >= 0.3 is 47.8 Å². The van der Waals surface area contributed by atoms with E-state index in [4.69, 9.17) is 42.6 Å². The van der Waals surface area contributed by atoms with Gasteiger partial charge in [-0.3, -0.25) is 33.8 Å². The van der Waals surface area contributed by atoms with Crippen molar-refractivity contribution in [1.29, 1.82) is 0 Å². The van der Waals surface area contributed by atoms with Gasteiger partial charge in [-0.15, -0.1) is 0 Å². The van der Waals surface area contributed by atoms with E-state index in [1.165, 1.54) is 56.4 Å². The molecular weight excluding hydrogens is 818 g/mol. The average Bonchev–Trinajstić information content (AvgIpc) is 3.42. The van der Waals surface area contributed by atoms with Crippen molar-refractivity contribution < 1.29 is 86.1 Å². The molecule has 13 atom stereocenters. The topological polar surface area (TPSA) is 253 Å². The first-order valence-corrected chi connectivity index (χ1v) is 19.9. The van der Waals surface area contributed by atoms with E-state index < -0.39 is 138 Å². The normalized spacial score (nSPS) is 36.0. The third-order valence-corrected chi connectivity index (χ3v) is 12.4. The highest BCUT2D eigenvalue weighted by molar-refractivity contribution is 5.91. The summed E-state index contributed by atoms with van der Waals surface area (Å²) >= 11 is 0. The molecule has 6 rings (SSSR count). The monoisotopic (exact) mass is 867 g/mol. The van der Waals surface area contributed by atoms with Crippen molar-refractivity contribution in [3.8, 4) is 0 Å². The fourth-order valence-electron chi connectivity index (χ4n) is 9.83. The quantitative estimate of drug-likeness (QED) is 0.295. The SMILES string of the molecule is CC(=O)OC[C@]12[C@H](OC(C)=O)[C@H](OC(C)=O)[C@@H]3[C@@H](OC(C)=O)[C@@]14O[C@@]3(C)COC(=O)c1cccnc1[C@@H](C)[C@@H](C)C(=O)O[C@@H]([C@H](OC(C)=O)[C@@H]2OC(=O)c1ccccc1)[C@]4(C)O. The number of pyridine rings is 1. The van der Waals surface area contributed by atoms with E-state index in [9.17, 15) is 43.5 Å². The summed E-state index contributed by atoms with van der Waals surface area (Å²) in [6.07, 6.45) is -10.8. The van der Waals surface area contributed by atoms with E-state index in [0.717, 1.165) is 41.5 Å². The van der Waals surface area contributed by atoms with Crippen LogP contribution >= 0.6 is 0 Å². The molecular formula is C43H49NO18. The van der Waals surface area contributed by atoms with Crippen molar-refractivity contribution in [2.45, 2.75) is 122 Å². The van der Waals surface area contributed by atoms with Crippen LogP contribution in [-0.4, -0.2) is 124 Å². The second kappa shape index (κ2) is 16.7. The van der Waals surface area contributed by atoms with Gasteiger partial charge in [0, 0.05) is 46.7 Å². The first-order valence-electron chi connectivity index (χ1n) is 19.9. The van der Waals surface area contributed by atoms with Gasteiger partial charge in [-0.25, -0.2) is 9.59 Å². The number of cyclic esters (lactones) is 1. The molecule has 334 valence electrons. The maximum atomic E-state index is 14.6. The van der Waals surface area contributed by atoms with Crippen molar-refractivity contribution in [2.24, 2.45) is 17.3 Å². The zero-order valence-corrected chi connectivity index (χ0v) is 35.6. The minimum atomic E-state index is -2.86. The average molecular weight is 868 g/mol. The fourth-order valence-corrected chi connectivity index (χ4v) is 9.83. The van der Waals surface area contributed by atoms with E-state index in [-0.39, 0.29) is 16.8 Å². The lowest BCUT2D eigenvalue weighted by molar-refractivity contribution is -0.385. The van der Waals surface area contributed by atoms with Gasteiger partial charge in [-0.1, -0.05) is 32.0 Å². The molecule has 3 heterocycles. The van der Waals surface area contributed by atoms with E-state index in [1.54, 1.807) is 13.0 Å². The minimum absolute atomic E-state index is 0.0487. The zero-order chi connectivity index (χ0) is 45.7. The van der Waals surface area contributed by atoms with Gasteiger partial charge in [0.05, 0.1) is 28.7 Å². The Balaban J connectivity index is 1.81. The molecule has 1 aromatic heterocycles. The smallest absolute Gasteiger partial charge is 0.340 e. The van der Waals surface area contributed by atoms with Crippen LogP contribution in [-0.2, 0) is 71.4 Å². The van der Waals surface area contributed by atoms with Gasteiger partial charge in [-0.2, -0.15) is 0 Å². The number of ether oxygens (including phenoxy) is 9. The van der Waals surface area contributed by atoms with Crippen LogP contribution in [0.15, 0.2) is 48.7 Å². The second-order valence-electron chi connectivity index (χ2n) is 16.5. The van der Waals surface area contributed by atoms with Crippen molar-refractivity contribution in [2.75, 3.05) is 13.2 Å². The molecule has 19 heteroatoms. The van der Waals surface area contributed by atoms with Crippen molar-refractivity contribution in [3.63, 3.8) is 0 Å². The van der Waals surface area contributed by atoms with Crippen molar-refractivity contribution in [1.82, 2.24) is 4.98 Å². The molecule has 62 heavy (non-hydrogen) atoms. The van der Waals surface area contributed by atoms with Crippen LogP contribution in [0.25, 0.3) is 0 Å². The number of carbonyl (C=O) groups is 8. The fraction of sp³-hybridized carbons (Fsp3) is 0.558. The van der Waals surface area contributed by atoms with Crippen LogP contribution < -0.4 is 0 Å². The van der Waals surface area contributed by atoms with Crippen LogP contribution in [0, 0.1) is 17.3 Å². The molecule has 4 aliphatic rings. The van der Waals surface area contributed by atoms with E-state index in [2.05, 4.69) is 4.98 Å². The number of fused-ring (bicyclic) bond motifs is 5. The Kier molecular flexibility index (Phi) is 12.3. The van der Waals surface area contributed by atoms with Crippen LogP contribution in [0.3, 0.4) is 0 Å². The molecule has 2 aromatic rings. The summed E-state index contributed by atoms with van der Waals surface area (Å²) in [5.74, 6) is -11.8. The lowest BCUT2D eigenvalue weighted by Gasteiger charge is -2.67. The van der Waals surface area contributed by atoms with Gasteiger partial charge in [0.25, 0.3) is 0 Å². The molecule has 3 fully saturated rings. The highest BCUT2D eigenvalue weighted by Crippen LogP contribution is 2.70. The maximum Gasteiger partial charge on any atom is 0.340 e. The number of hydrogen-bond donors (Lipinski definition) is 1. The van der Waals surface area contributed by atoms with Crippen molar-refractivity contribution in [3.05, 3.63) is 65.5 Å². The van der Waals surface area contributed by atoms with Crippen LogP contribution in [0.1, 0.15) is 94.6 Å². The Morgan fingerprint density at radius 1 is 0.742 bits per heavy atom. The van der Waals surface area contributed by atoms with Crippen LogP contribution in [0.4, 0.5) is 0 Å². The molecule has 0 amide bonds. The number of carbonyl (C=O) groups excluding carboxylic acids is 8. The largest absolute Gasteiger partial charge is 0.465 e. The van der Waals surface area contributed by atoms with Crippen molar-refractivity contribution >= 4 is 47.8 Å². The van der Waals surface area contributed by atoms with Gasteiger partial charge in [-0.05, 0) is 38.1 Å². The maximum absolute atomic E-state index is 14.6. The molecule has 2 saturated carbocycles. The minimum Gasteiger partial charge on any atom is -0.465 e. The number of aromatic nitrogens is 1. The molecule has 1 saturated heterocycles. The summed E-state index contributed by atoms with van der Waals surface area (Å²) in [6.45, 7) is 8.69. The Morgan fingerprint density at radius 3 is 1.92 bits per heavy atom. The first-order chi connectivity index (χ1) is 29.0. The number of aliphatic hydroxyl groups is 1. The summed E-state index contributed by atoms with van der Waals surface area (Å²) in [7, 11) is 0. The van der Waals surface area contributed by atoms with Gasteiger partial charge < -0.3 is 47.7 Å². The van der Waals surface area contributed by atoms with Crippen LogP contribution in [0.2, 0.25) is 0 Å². The predicted octanol–water partition coefficient (Wildman–Crippen LogP) is 2.33. The Morgan fingerprint density at radius 2 is 1.32 bits per heavy atom. The van der Waals surface area contributed by atoms with Gasteiger partial charge in [0.15, 0.2) is 30.0 Å². The highest BCUT2D eigenvalue weighted by Gasteiger charge is 2.92. The Hall–Kier alpha value is -5.95. The summed E-state index contributed by atoms with van der Waals surface area (Å²) in [4.78, 5) is 114. The number of esters is 8. The number of nitrogens with zero attached hydrogens (tertiary/aromatic N) is 1. The zero-order valence-electron chi connectivity index (χ0n) is 35.6. The summed E-state index contributed by atoms with van der Waals surface area (Å²) in [5, 5.41) is 13.6. The molecule has 19 nitrogen and oxygen atoms in total. The lowest BCUT2D eigenvalue weighted by atomic mass is 9.45. The number of rotatable bonds is 8. The molecule has 0 unspecified atom stereocenters. The third-order valence-electron chi connectivity index (χ3n) is 12.4. The summed E-state index contributed by atoms with van der Waals surface area (Å²) in [6, 6.07) is 10.3. The second-order valence-corrected chi connectivity index (χ2v) is 16.5. The lowest BCUT2D eigenvalue weighted by Crippen LogP contribution is -2.89. The van der Waals surface area contributed by atoms with Gasteiger partial charge in [0.1, 0.15) is 42.0 Å². The first kappa shape index (κ1) is 45.6. The third kappa shape index (κ3) is 7.43. The molecule has 1 aromatic carbocycles. The molecule has 1 spiro atoms. The molecule has 4 bridgehead atoms.